The Morgan fingerprint density at radius 2 is 1.94 bits per heavy atom. The van der Waals surface area contributed by atoms with Gasteiger partial charge >= 0.3 is 0 Å². The fraction of sp³-hybridized carbons (Fsp3) is 0.0833. The van der Waals surface area contributed by atoms with Crippen LogP contribution in [-0.2, 0) is 11.3 Å². The smallest absolute Gasteiger partial charge is 0.271 e. The molecule has 5 rings (SSSR count). The third kappa shape index (κ3) is 3.90. The van der Waals surface area contributed by atoms with E-state index in [1.165, 1.54) is 22.2 Å². The number of carbonyl (C=O) groups is 1. The number of aromatic nitrogens is 3. The maximum atomic E-state index is 13.1. The number of thioether (sulfide) groups is 1. The Morgan fingerprint density at radius 3 is 2.75 bits per heavy atom. The number of rotatable bonds is 5. The lowest BCUT2D eigenvalue weighted by atomic mass is 10.1. The first kappa shape index (κ1) is 20.4. The van der Waals surface area contributed by atoms with Gasteiger partial charge in [-0.15, -0.1) is 23.1 Å². The molecule has 0 aliphatic carbocycles. The summed E-state index contributed by atoms with van der Waals surface area (Å²) in [6, 6.07) is 21.4. The first-order valence-corrected chi connectivity index (χ1v) is 11.9. The molecule has 0 saturated heterocycles. The Labute approximate surface area is 192 Å². The molecule has 1 N–H and O–H groups in total. The lowest BCUT2D eigenvalue weighted by molar-refractivity contribution is -0.116. The Bertz CT molecular complexity index is 1510. The lowest BCUT2D eigenvalue weighted by Crippen LogP contribution is -2.27. The molecule has 3 aromatic heterocycles. The quantitative estimate of drug-likeness (QED) is 0.374. The molecule has 2 aromatic carbocycles. The summed E-state index contributed by atoms with van der Waals surface area (Å²) >= 11 is 2.90. The summed E-state index contributed by atoms with van der Waals surface area (Å²) in [4.78, 5) is 36.6. The van der Waals surface area contributed by atoms with E-state index in [-0.39, 0.29) is 18.0 Å². The van der Waals surface area contributed by atoms with Crippen LogP contribution in [0.2, 0.25) is 0 Å². The second kappa shape index (κ2) is 8.57. The highest BCUT2D eigenvalue weighted by Crippen LogP contribution is 2.31. The molecule has 0 radical (unpaired) electrons. The van der Waals surface area contributed by atoms with Gasteiger partial charge in [0.2, 0.25) is 5.91 Å². The number of nitrogens with one attached hydrogen (secondary N) is 1. The van der Waals surface area contributed by atoms with Gasteiger partial charge in [0.25, 0.3) is 5.56 Å². The van der Waals surface area contributed by atoms with Gasteiger partial charge < -0.3 is 5.32 Å². The van der Waals surface area contributed by atoms with E-state index in [0.717, 1.165) is 26.4 Å². The standard InChI is InChI=1S/C24H18N4O2S2/c1-31-17-9-5-8-16(12-17)26-20(29)13-28-14-25-21-18-10-11-19(15-6-3-2-4-7-15)27-23(18)32-22(21)24(28)30/h2-12,14H,13H2,1H3,(H,26,29). The molecular weight excluding hydrogens is 440 g/mol. The van der Waals surface area contributed by atoms with Gasteiger partial charge in [0.05, 0.1) is 17.5 Å². The van der Waals surface area contributed by atoms with Crippen molar-refractivity contribution < 1.29 is 4.79 Å². The zero-order chi connectivity index (χ0) is 22.1. The normalized spacial score (nSPS) is 11.2. The molecule has 3 heterocycles. The van der Waals surface area contributed by atoms with Gasteiger partial charge in [0.15, 0.2) is 0 Å². The Kier molecular flexibility index (Phi) is 5.46. The number of pyridine rings is 1. The van der Waals surface area contributed by atoms with Crippen LogP contribution in [0.3, 0.4) is 0 Å². The van der Waals surface area contributed by atoms with E-state index in [1.54, 1.807) is 11.8 Å². The van der Waals surface area contributed by atoms with Gasteiger partial charge in [0, 0.05) is 21.5 Å². The van der Waals surface area contributed by atoms with Crippen molar-refractivity contribution in [3.63, 3.8) is 0 Å². The van der Waals surface area contributed by atoms with E-state index < -0.39 is 0 Å². The molecule has 0 saturated carbocycles. The molecule has 0 aliphatic rings. The largest absolute Gasteiger partial charge is 0.324 e. The maximum absolute atomic E-state index is 13.1. The van der Waals surface area contributed by atoms with Gasteiger partial charge in [-0.25, -0.2) is 9.97 Å². The molecule has 158 valence electrons. The number of fused-ring (bicyclic) bond motifs is 3. The number of anilines is 1. The van der Waals surface area contributed by atoms with Crippen LogP contribution in [0.1, 0.15) is 0 Å². The van der Waals surface area contributed by atoms with Crippen molar-refractivity contribution in [3.05, 3.63) is 83.4 Å². The minimum Gasteiger partial charge on any atom is -0.324 e. The average Bonchev–Trinajstić information content (AvgIpc) is 3.20. The van der Waals surface area contributed by atoms with Crippen molar-refractivity contribution >= 4 is 55.1 Å². The van der Waals surface area contributed by atoms with Gasteiger partial charge in [-0.1, -0.05) is 36.4 Å². The molecule has 0 fully saturated rings. The summed E-state index contributed by atoms with van der Waals surface area (Å²) in [7, 11) is 0. The minimum atomic E-state index is -0.280. The van der Waals surface area contributed by atoms with Gasteiger partial charge in [-0.05, 0) is 36.6 Å². The molecule has 0 spiro atoms. The highest BCUT2D eigenvalue weighted by Gasteiger charge is 2.15. The SMILES string of the molecule is CSc1cccc(NC(=O)Cn2cnc3c(sc4nc(-c5ccccc5)ccc43)c2=O)c1. The van der Waals surface area contributed by atoms with Gasteiger partial charge in [0.1, 0.15) is 16.1 Å². The Hall–Kier alpha value is -3.49. The highest BCUT2D eigenvalue weighted by atomic mass is 32.2. The summed E-state index contributed by atoms with van der Waals surface area (Å²) in [5.41, 5.74) is 2.93. The fourth-order valence-corrected chi connectivity index (χ4v) is 5.02. The fourth-order valence-electron chi connectivity index (χ4n) is 3.49. The molecular formula is C24H18N4O2S2. The summed E-state index contributed by atoms with van der Waals surface area (Å²) in [5.74, 6) is -0.280. The number of carbonyl (C=O) groups excluding carboxylic acids is 1. The summed E-state index contributed by atoms with van der Waals surface area (Å²) < 4.78 is 1.83. The van der Waals surface area contributed by atoms with Gasteiger partial charge in [-0.2, -0.15) is 0 Å². The summed E-state index contributed by atoms with van der Waals surface area (Å²) in [6.45, 7) is -0.109. The minimum absolute atomic E-state index is 0.109. The van der Waals surface area contributed by atoms with E-state index in [0.29, 0.717) is 15.9 Å². The van der Waals surface area contributed by atoms with Crippen LogP contribution in [0.15, 0.2) is 82.7 Å². The molecule has 5 aromatic rings. The summed E-state index contributed by atoms with van der Waals surface area (Å²) in [6.07, 6.45) is 3.41. The van der Waals surface area contributed by atoms with Crippen LogP contribution in [0.4, 0.5) is 5.69 Å². The molecule has 0 unspecified atom stereocenters. The topological polar surface area (TPSA) is 76.9 Å². The van der Waals surface area contributed by atoms with Crippen LogP contribution < -0.4 is 10.9 Å². The third-order valence-corrected chi connectivity index (χ3v) is 6.85. The Balaban J connectivity index is 1.45. The zero-order valence-corrected chi connectivity index (χ0v) is 18.7. The Morgan fingerprint density at radius 1 is 1.09 bits per heavy atom. The van der Waals surface area contributed by atoms with Crippen LogP contribution in [0, 0.1) is 0 Å². The average molecular weight is 459 g/mol. The van der Waals surface area contributed by atoms with Crippen LogP contribution >= 0.6 is 23.1 Å². The number of thiophene rings is 1. The predicted octanol–water partition coefficient (Wildman–Crippen LogP) is 5.03. The molecule has 0 aliphatic heterocycles. The molecule has 32 heavy (non-hydrogen) atoms. The van der Waals surface area contributed by atoms with Crippen molar-refractivity contribution in [2.24, 2.45) is 0 Å². The number of benzene rings is 2. The number of hydrogen-bond donors (Lipinski definition) is 1. The van der Waals surface area contributed by atoms with Crippen molar-refractivity contribution in [3.8, 4) is 11.3 Å². The molecule has 0 bridgehead atoms. The second-order valence-corrected chi connectivity index (χ2v) is 9.03. The van der Waals surface area contributed by atoms with Gasteiger partial charge in [-0.3, -0.25) is 14.2 Å². The molecule has 0 atom stereocenters. The zero-order valence-electron chi connectivity index (χ0n) is 17.1. The van der Waals surface area contributed by atoms with Crippen molar-refractivity contribution in [1.29, 1.82) is 0 Å². The summed E-state index contributed by atoms with van der Waals surface area (Å²) in [5, 5.41) is 3.68. The maximum Gasteiger partial charge on any atom is 0.271 e. The molecule has 6 nitrogen and oxygen atoms in total. The van der Waals surface area contributed by atoms with E-state index in [2.05, 4.69) is 10.3 Å². The molecule has 8 heteroatoms. The van der Waals surface area contributed by atoms with E-state index in [9.17, 15) is 9.59 Å². The molecule has 1 amide bonds. The predicted molar refractivity (Wildman–Crippen MR) is 131 cm³/mol. The lowest BCUT2D eigenvalue weighted by Gasteiger charge is -2.08. The van der Waals surface area contributed by atoms with Crippen LogP contribution in [-0.4, -0.2) is 26.7 Å². The highest BCUT2D eigenvalue weighted by molar-refractivity contribution is 7.98. The first-order valence-electron chi connectivity index (χ1n) is 9.90. The van der Waals surface area contributed by atoms with E-state index >= 15 is 0 Å². The number of hydrogen-bond acceptors (Lipinski definition) is 6. The third-order valence-electron chi connectivity index (χ3n) is 5.05. The van der Waals surface area contributed by atoms with Crippen LogP contribution in [0.25, 0.3) is 31.7 Å². The first-order chi connectivity index (χ1) is 15.6. The number of nitrogens with zero attached hydrogens (tertiary/aromatic N) is 3. The van der Waals surface area contributed by atoms with Crippen molar-refractivity contribution in [2.75, 3.05) is 11.6 Å². The second-order valence-electron chi connectivity index (χ2n) is 7.15. The van der Waals surface area contributed by atoms with Crippen LogP contribution in [0.5, 0.6) is 0 Å². The van der Waals surface area contributed by atoms with E-state index in [1.807, 2.05) is 73.0 Å². The monoisotopic (exact) mass is 458 g/mol. The number of amides is 1. The van der Waals surface area contributed by atoms with E-state index in [4.69, 9.17) is 4.98 Å². The van der Waals surface area contributed by atoms with Crippen molar-refractivity contribution in [1.82, 2.24) is 14.5 Å². The van der Waals surface area contributed by atoms with Crippen molar-refractivity contribution in [2.45, 2.75) is 11.4 Å².